The third-order valence-corrected chi connectivity index (χ3v) is 4.45. The average Bonchev–Trinajstić information content (AvgIpc) is 2.54. The van der Waals surface area contributed by atoms with Crippen LogP contribution >= 0.6 is 0 Å². The van der Waals surface area contributed by atoms with Gasteiger partial charge in [0, 0.05) is 5.39 Å². The fraction of sp³-hybridized carbons (Fsp3) is 0.0588. The number of fused-ring (bicyclic) bond motifs is 1. The van der Waals surface area contributed by atoms with Crippen molar-refractivity contribution in [3.8, 4) is 5.75 Å². The van der Waals surface area contributed by atoms with Crippen LogP contribution in [-0.2, 0) is 10.1 Å². The molecule has 0 spiro atoms. The van der Waals surface area contributed by atoms with Crippen molar-refractivity contribution in [1.29, 1.82) is 0 Å². The lowest BCUT2D eigenvalue weighted by Gasteiger charge is -2.05. The van der Waals surface area contributed by atoms with Gasteiger partial charge in [-0.1, -0.05) is 30.3 Å². The Balaban J connectivity index is 2.05. The van der Waals surface area contributed by atoms with Gasteiger partial charge < -0.3 is 5.11 Å². The van der Waals surface area contributed by atoms with E-state index in [-0.39, 0.29) is 10.6 Å². The molecule has 24 heavy (non-hydrogen) atoms. The third kappa shape index (κ3) is 3.12. The topological polar surface area (TPSA) is 99.3 Å². The van der Waals surface area contributed by atoms with E-state index < -0.39 is 10.1 Å². The van der Waals surface area contributed by atoms with Gasteiger partial charge in [0.15, 0.2) is 0 Å². The molecule has 0 heterocycles. The van der Waals surface area contributed by atoms with Crippen molar-refractivity contribution in [1.82, 2.24) is 0 Å². The minimum Gasteiger partial charge on any atom is -0.506 e. The first-order chi connectivity index (χ1) is 11.4. The van der Waals surface area contributed by atoms with Gasteiger partial charge in [0.05, 0.1) is 10.6 Å². The number of phenols is 1. The lowest BCUT2D eigenvalue weighted by Crippen LogP contribution is -1.97. The second-order valence-corrected chi connectivity index (χ2v) is 6.70. The summed E-state index contributed by atoms with van der Waals surface area (Å²) < 4.78 is 31.3. The molecule has 0 saturated heterocycles. The zero-order chi connectivity index (χ0) is 17.3. The predicted molar refractivity (Wildman–Crippen MR) is 90.8 cm³/mol. The second-order valence-electron chi connectivity index (χ2n) is 5.28. The molecule has 122 valence electrons. The Bertz CT molecular complexity index is 1060. The van der Waals surface area contributed by atoms with Crippen molar-refractivity contribution in [3.05, 3.63) is 60.2 Å². The molecule has 0 saturated carbocycles. The maximum absolute atomic E-state index is 11.1. The van der Waals surface area contributed by atoms with E-state index in [4.69, 9.17) is 4.55 Å². The van der Waals surface area contributed by atoms with Gasteiger partial charge in [0.2, 0.25) is 0 Å². The molecule has 0 unspecified atom stereocenters. The Morgan fingerprint density at radius 2 is 1.71 bits per heavy atom. The molecule has 0 aliphatic carbocycles. The van der Waals surface area contributed by atoms with Gasteiger partial charge in [-0.25, -0.2) is 0 Å². The first-order valence-corrected chi connectivity index (χ1v) is 8.51. The summed E-state index contributed by atoms with van der Waals surface area (Å²) in [6.45, 7) is 1.66. The molecule has 3 rings (SSSR count). The minimum atomic E-state index is -4.26. The van der Waals surface area contributed by atoms with Gasteiger partial charge >= 0.3 is 0 Å². The Hall–Kier alpha value is -2.77. The first kappa shape index (κ1) is 16.1. The summed E-state index contributed by atoms with van der Waals surface area (Å²) in [4.78, 5) is -0.202. The van der Waals surface area contributed by atoms with Crippen molar-refractivity contribution >= 4 is 32.3 Å². The SMILES string of the molecule is C[13c]1[13cH][13c](S(=O)(=O)O)[13cH][13cH][13c]1N=Nc1c(O)ccc2ccccc12. The molecule has 0 radical (unpaired) electrons. The van der Waals surface area contributed by atoms with Gasteiger partial charge in [0.1, 0.15) is 11.4 Å². The summed E-state index contributed by atoms with van der Waals surface area (Å²) >= 11 is 0. The molecule has 6 nitrogen and oxygen atoms in total. The fourth-order valence-electron chi connectivity index (χ4n) is 2.35. The van der Waals surface area contributed by atoms with Crippen molar-refractivity contribution in [2.24, 2.45) is 10.2 Å². The number of hydrogen-bond donors (Lipinski definition) is 2. The zero-order valence-electron chi connectivity index (χ0n) is 12.7. The van der Waals surface area contributed by atoms with E-state index in [1.165, 1.54) is 18.2 Å². The summed E-state index contributed by atoms with van der Waals surface area (Å²) in [5.74, 6) is 0.00431. The summed E-state index contributed by atoms with van der Waals surface area (Å²) in [7, 11) is -4.26. The van der Waals surface area contributed by atoms with E-state index in [2.05, 4.69) is 10.2 Å². The van der Waals surface area contributed by atoms with E-state index in [1.807, 2.05) is 24.3 Å². The van der Waals surface area contributed by atoms with Gasteiger partial charge in [-0.15, -0.1) is 5.11 Å². The normalized spacial score (nSPS) is 12.1. The Morgan fingerprint density at radius 3 is 2.42 bits per heavy atom. The molecule has 3 aromatic carbocycles. The average molecular weight is 348 g/mol. The number of phenolic OH excluding ortho intramolecular Hbond substituents is 1. The van der Waals surface area contributed by atoms with E-state index in [1.54, 1.807) is 19.1 Å². The molecule has 3 aromatic rings. The van der Waals surface area contributed by atoms with Crippen molar-refractivity contribution in [2.75, 3.05) is 0 Å². The quantitative estimate of drug-likeness (QED) is 0.537. The third-order valence-electron chi connectivity index (χ3n) is 3.60. The number of nitrogens with zero attached hydrogens (tertiary/aromatic N) is 2. The van der Waals surface area contributed by atoms with E-state index >= 15 is 0 Å². The van der Waals surface area contributed by atoms with E-state index in [9.17, 15) is 13.5 Å². The maximum atomic E-state index is 11.1. The summed E-state index contributed by atoms with van der Waals surface area (Å²) in [6.07, 6.45) is 0. The highest BCUT2D eigenvalue weighted by Gasteiger charge is 2.11. The predicted octanol–water partition coefficient (Wildman–Crippen LogP) is 4.52. The molecule has 0 atom stereocenters. The van der Waals surface area contributed by atoms with Crippen molar-refractivity contribution in [3.63, 3.8) is 0 Å². The summed E-state index contributed by atoms with van der Waals surface area (Å²) in [5, 5.41) is 19.9. The maximum Gasteiger partial charge on any atom is 0.294 e. The van der Waals surface area contributed by atoms with Gasteiger partial charge in [0.25, 0.3) is 10.1 Å². The first-order valence-electron chi connectivity index (χ1n) is 7.07. The lowest BCUT2D eigenvalue weighted by molar-refractivity contribution is 0.477. The minimum absolute atomic E-state index is 0.00431. The number of rotatable bonds is 3. The van der Waals surface area contributed by atoms with E-state index in [0.29, 0.717) is 16.9 Å². The zero-order valence-corrected chi connectivity index (χ0v) is 13.5. The highest BCUT2D eigenvalue weighted by molar-refractivity contribution is 7.85. The number of azo groups is 1. The number of hydrogen-bond acceptors (Lipinski definition) is 5. The molecule has 0 fully saturated rings. The van der Waals surface area contributed by atoms with Crippen LogP contribution in [0.1, 0.15) is 5.56 Å². The van der Waals surface area contributed by atoms with Crippen LogP contribution in [0.25, 0.3) is 10.8 Å². The van der Waals surface area contributed by atoms with Crippen LogP contribution < -0.4 is 0 Å². The molecule has 0 aromatic heterocycles. The van der Waals surface area contributed by atoms with Crippen LogP contribution in [0.4, 0.5) is 11.4 Å². The molecule has 0 aliphatic heterocycles. The fourth-order valence-corrected chi connectivity index (χ4v) is 2.92. The van der Waals surface area contributed by atoms with Crippen molar-refractivity contribution in [2.45, 2.75) is 11.8 Å². The van der Waals surface area contributed by atoms with E-state index in [0.717, 1.165) is 10.8 Å². The molecule has 2 N–H and O–H groups in total. The highest BCUT2D eigenvalue weighted by Crippen LogP contribution is 2.36. The number of aromatic hydroxyl groups is 1. The van der Waals surface area contributed by atoms with Gasteiger partial charge in [-0.2, -0.15) is 13.5 Å². The summed E-state index contributed by atoms with van der Waals surface area (Å²) in [6, 6.07) is 14.8. The Labute approximate surface area is 138 Å². The van der Waals surface area contributed by atoms with Gasteiger partial charge in [-0.3, -0.25) is 4.55 Å². The molecule has 7 heteroatoms. The molecule has 0 bridgehead atoms. The Kier molecular flexibility index (Phi) is 4.04. The molecule has 0 aliphatic rings. The molecule has 0 amide bonds. The standard InChI is InChI=1S/C17H14N2O4S/c1-11-10-13(24(21,22)23)7-8-15(11)18-19-17-14-5-3-2-4-12(14)6-9-16(17)20/h2-10,20H,1H3,(H,21,22,23)/i7+1,8+1,10+1,11+1,13+1,15+1. The monoisotopic (exact) mass is 348 g/mol. The summed E-state index contributed by atoms with van der Waals surface area (Å²) in [5.41, 5.74) is 1.31. The highest BCUT2D eigenvalue weighted by atomic mass is 32.2. The molecular weight excluding hydrogens is 334 g/mol. The smallest absolute Gasteiger partial charge is 0.294 e. The second kappa shape index (κ2) is 6.03. The van der Waals surface area contributed by atoms with Crippen LogP contribution in [0.15, 0.2) is 69.7 Å². The van der Waals surface area contributed by atoms with Crippen LogP contribution in [0, 0.1) is 6.92 Å². The molecular formula is C17H14N2O4S. The number of benzene rings is 3. The Morgan fingerprint density at radius 1 is 0.958 bits per heavy atom. The van der Waals surface area contributed by atoms with Crippen LogP contribution in [0.3, 0.4) is 0 Å². The van der Waals surface area contributed by atoms with Crippen LogP contribution in [0.5, 0.6) is 5.75 Å². The number of aryl methyl sites for hydroxylation is 1. The van der Waals surface area contributed by atoms with Crippen LogP contribution in [0.2, 0.25) is 0 Å². The lowest BCUT2D eigenvalue weighted by atomic mass is 10.1. The van der Waals surface area contributed by atoms with Crippen LogP contribution in [-0.4, -0.2) is 18.1 Å². The largest absolute Gasteiger partial charge is 0.506 e. The van der Waals surface area contributed by atoms with Crippen molar-refractivity contribution < 1.29 is 18.1 Å². The van der Waals surface area contributed by atoms with Gasteiger partial charge in [-0.05, 0) is 42.1 Å².